The number of alkyl halides is 3. The van der Waals surface area contributed by atoms with Crippen LogP contribution in [0.15, 0.2) is 11.6 Å². The number of hydrogen-bond acceptors (Lipinski definition) is 2. The first-order valence-electron chi connectivity index (χ1n) is 10.0. The van der Waals surface area contributed by atoms with Crippen molar-refractivity contribution in [1.29, 1.82) is 0 Å². The van der Waals surface area contributed by atoms with Crippen LogP contribution in [0, 0.1) is 17.8 Å². The maximum atomic E-state index is 14.2. The molecule has 8 atom stereocenters. The fraction of sp³-hybridized carbons (Fsp3) is 0.800. The number of halogens is 3. The summed E-state index contributed by atoms with van der Waals surface area (Å²) in [5.41, 5.74) is 0.273. The lowest BCUT2D eigenvalue weighted by atomic mass is 9.77. The van der Waals surface area contributed by atoms with Gasteiger partial charge in [0.2, 0.25) is 11.8 Å². The van der Waals surface area contributed by atoms with E-state index < -0.39 is 42.3 Å². The van der Waals surface area contributed by atoms with Crippen LogP contribution in [0.25, 0.3) is 0 Å². The molecule has 2 amide bonds. The molecule has 0 spiro atoms. The predicted octanol–water partition coefficient (Wildman–Crippen LogP) is 3.17. The number of carbonyl (C=O) groups is 2. The Morgan fingerprint density at radius 3 is 2.59 bits per heavy atom. The minimum Gasteiger partial charge on any atom is -0.353 e. The molecular formula is C20H29F3N2O2. The highest BCUT2D eigenvalue weighted by Gasteiger charge is 2.40. The molecule has 7 heteroatoms. The average Bonchev–Trinajstić information content (AvgIpc) is 2.60. The van der Waals surface area contributed by atoms with Crippen molar-refractivity contribution < 1.29 is 22.8 Å². The normalized spacial score (nSPS) is 38.9. The summed E-state index contributed by atoms with van der Waals surface area (Å²) in [6.45, 7) is 3.32. The maximum Gasteiger partial charge on any atom is 0.247 e. The zero-order chi connectivity index (χ0) is 19.7. The van der Waals surface area contributed by atoms with Crippen LogP contribution in [0.1, 0.15) is 52.4 Å². The van der Waals surface area contributed by atoms with E-state index in [9.17, 15) is 22.8 Å². The van der Waals surface area contributed by atoms with Crippen molar-refractivity contribution >= 4 is 11.8 Å². The van der Waals surface area contributed by atoms with E-state index in [1.54, 1.807) is 19.9 Å². The Bertz CT molecular complexity index is 612. The third-order valence-corrected chi connectivity index (χ3v) is 6.46. The highest BCUT2D eigenvalue weighted by atomic mass is 19.1. The van der Waals surface area contributed by atoms with Crippen molar-refractivity contribution in [2.45, 2.75) is 83.0 Å². The number of nitrogens with one attached hydrogen (secondary N) is 2. The second kappa shape index (κ2) is 8.23. The molecule has 0 aromatic carbocycles. The van der Waals surface area contributed by atoms with Crippen molar-refractivity contribution in [2.75, 3.05) is 0 Å². The number of carbonyl (C=O) groups excluding carboxylic acids is 2. The van der Waals surface area contributed by atoms with Crippen LogP contribution >= 0.6 is 0 Å². The van der Waals surface area contributed by atoms with E-state index in [1.807, 2.05) is 0 Å². The van der Waals surface area contributed by atoms with E-state index in [1.165, 1.54) is 0 Å². The van der Waals surface area contributed by atoms with Crippen LogP contribution in [0.3, 0.4) is 0 Å². The summed E-state index contributed by atoms with van der Waals surface area (Å²) in [4.78, 5) is 25.0. The monoisotopic (exact) mass is 386 g/mol. The lowest BCUT2D eigenvalue weighted by molar-refractivity contribution is -0.128. The quantitative estimate of drug-likeness (QED) is 0.780. The molecule has 1 heterocycles. The summed E-state index contributed by atoms with van der Waals surface area (Å²) < 4.78 is 41.7. The van der Waals surface area contributed by atoms with Gasteiger partial charge in [-0.15, -0.1) is 0 Å². The molecule has 0 aromatic rings. The molecule has 2 saturated carbocycles. The molecule has 3 rings (SSSR count). The molecule has 0 bridgehead atoms. The molecule has 6 unspecified atom stereocenters. The van der Waals surface area contributed by atoms with Crippen LogP contribution in [0.2, 0.25) is 0 Å². The Morgan fingerprint density at radius 1 is 1.15 bits per heavy atom. The van der Waals surface area contributed by atoms with Gasteiger partial charge >= 0.3 is 0 Å². The first-order chi connectivity index (χ1) is 12.8. The standard InChI is InChI=1S/C20H29F3N2O2/c1-10(14-9-15-16(22)4-3-5-18(15)25-20(14)27)19(26)24-11(2)13-7-6-12(21)8-17(13)23/h9-13,15-18H,3-8H2,1-2H3,(H,24,26)(H,25,27)/t10-,11+,12?,13?,15?,16?,17?,18?/m1/s1. The van der Waals surface area contributed by atoms with Gasteiger partial charge in [-0.1, -0.05) is 6.08 Å². The third-order valence-electron chi connectivity index (χ3n) is 6.46. The van der Waals surface area contributed by atoms with E-state index in [-0.39, 0.29) is 29.9 Å². The highest BCUT2D eigenvalue weighted by Crippen LogP contribution is 2.34. The predicted molar refractivity (Wildman–Crippen MR) is 96.2 cm³/mol. The van der Waals surface area contributed by atoms with Gasteiger partial charge in [0.25, 0.3) is 0 Å². The summed E-state index contributed by atoms with van der Waals surface area (Å²) in [6, 6.07) is -0.659. The largest absolute Gasteiger partial charge is 0.353 e. The van der Waals surface area contributed by atoms with Crippen LogP contribution < -0.4 is 10.6 Å². The lowest BCUT2D eigenvalue weighted by Crippen LogP contribution is -2.52. The van der Waals surface area contributed by atoms with E-state index >= 15 is 0 Å². The van der Waals surface area contributed by atoms with E-state index in [0.29, 0.717) is 19.3 Å². The topological polar surface area (TPSA) is 58.2 Å². The van der Waals surface area contributed by atoms with Crippen molar-refractivity contribution in [3.05, 3.63) is 11.6 Å². The van der Waals surface area contributed by atoms with Crippen LogP contribution in [0.5, 0.6) is 0 Å². The van der Waals surface area contributed by atoms with Gasteiger partial charge in [0.05, 0.1) is 5.92 Å². The Balaban J connectivity index is 1.65. The van der Waals surface area contributed by atoms with E-state index in [4.69, 9.17) is 0 Å². The van der Waals surface area contributed by atoms with Gasteiger partial charge in [-0.3, -0.25) is 9.59 Å². The van der Waals surface area contributed by atoms with Crippen LogP contribution in [0.4, 0.5) is 13.2 Å². The van der Waals surface area contributed by atoms with Crippen molar-refractivity contribution in [3.63, 3.8) is 0 Å². The fourth-order valence-electron chi connectivity index (χ4n) is 4.69. The van der Waals surface area contributed by atoms with Gasteiger partial charge in [-0.05, 0) is 46.0 Å². The first kappa shape index (κ1) is 20.2. The van der Waals surface area contributed by atoms with Crippen LogP contribution in [-0.4, -0.2) is 42.4 Å². The maximum absolute atomic E-state index is 14.2. The average molecular weight is 386 g/mol. The molecule has 0 radical (unpaired) electrons. The molecule has 2 fully saturated rings. The number of fused-ring (bicyclic) bond motifs is 1. The molecule has 3 aliphatic rings. The summed E-state index contributed by atoms with van der Waals surface area (Å²) >= 11 is 0. The number of rotatable bonds is 4. The van der Waals surface area contributed by atoms with Crippen molar-refractivity contribution in [3.8, 4) is 0 Å². The van der Waals surface area contributed by atoms with E-state index in [2.05, 4.69) is 10.6 Å². The molecule has 0 aromatic heterocycles. The molecule has 1 aliphatic heterocycles. The molecule has 0 saturated heterocycles. The SMILES string of the molecule is C[C@@H](C(=O)N[C@@H](C)C1CCC(F)CC1F)C1=CC2C(F)CCCC2NC1=O. The second-order valence-corrected chi connectivity index (χ2v) is 8.34. The zero-order valence-corrected chi connectivity index (χ0v) is 15.9. The molecule has 2 N–H and O–H groups in total. The van der Waals surface area contributed by atoms with Crippen LogP contribution in [-0.2, 0) is 9.59 Å². The zero-order valence-electron chi connectivity index (χ0n) is 15.9. The van der Waals surface area contributed by atoms with Crippen molar-refractivity contribution in [1.82, 2.24) is 10.6 Å². The molecule has 2 aliphatic carbocycles. The van der Waals surface area contributed by atoms with Gasteiger partial charge in [-0.2, -0.15) is 0 Å². The van der Waals surface area contributed by atoms with Gasteiger partial charge in [0.1, 0.15) is 18.5 Å². The Labute approximate surface area is 158 Å². The second-order valence-electron chi connectivity index (χ2n) is 8.34. The molecule has 27 heavy (non-hydrogen) atoms. The molecular weight excluding hydrogens is 357 g/mol. The van der Waals surface area contributed by atoms with Gasteiger partial charge in [0.15, 0.2) is 0 Å². The smallest absolute Gasteiger partial charge is 0.247 e. The Morgan fingerprint density at radius 2 is 1.89 bits per heavy atom. The van der Waals surface area contributed by atoms with Gasteiger partial charge in [-0.25, -0.2) is 13.2 Å². The minimum absolute atomic E-state index is 0.130. The summed E-state index contributed by atoms with van der Waals surface area (Å²) in [5.74, 6) is -2.29. The van der Waals surface area contributed by atoms with Gasteiger partial charge in [0, 0.05) is 35.9 Å². The minimum atomic E-state index is -1.29. The molecule has 152 valence electrons. The van der Waals surface area contributed by atoms with E-state index in [0.717, 1.165) is 12.8 Å². The number of amides is 2. The number of hydrogen-bond donors (Lipinski definition) is 2. The third kappa shape index (κ3) is 4.32. The lowest BCUT2D eigenvalue weighted by Gasteiger charge is -2.38. The van der Waals surface area contributed by atoms with Crippen molar-refractivity contribution in [2.24, 2.45) is 17.8 Å². The molecule has 4 nitrogen and oxygen atoms in total. The summed E-state index contributed by atoms with van der Waals surface area (Å²) in [6.07, 6.45) is 0.703. The Kier molecular flexibility index (Phi) is 6.16. The Hall–Kier alpha value is -1.53. The summed E-state index contributed by atoms with van der Waals surface area (Å²) in [7, 11) is 0. The summed E-state index contributed by atoms with van der Waals surface area (Å²) in [5, 5.41) is 5.61. The van der Waals surface area contributed by atoms with Gasteiger partial charge < -0.3 is 10.6 Å². The fourth-order valence-corrected chi connectivity index (χ4v) is 4.69. The highest BCUT2D eigenvalue weighted by molar-refractivity contribution is 6.01. The first-order valence-corrected chi connectivity index (χ1v) is 10.0.